The normalized spacial score (nSPS) is 6.86. The maximum Gasteiger partial charge on any atom is 1.00 e. The van der Waals surface area contributed by atoms with Crippen LogP contribution >= 0.6 is 8.61 Å². The number of amides is 2. The summed E-state index contributed by atoms with van der Waals surface area (Å²) in [6.45, 7) is 0. The van der Waals surface area contributed by atoms with Crippen LogP contribution in [0.1, 0.15) is 1.43 Å². The summed E-state index contributed by atoms with van der Waals surface area (Å²) in [7, 11) is -0.451. The molecule has 0 radical (unpaired) electrons. The van der Waals surface area contributed by atoms with Gasteiger partial charge in [0, 0.05) is 0 Å². The molecule has 0 aliphatic carbocycles. The molecule has 0 aliphatic heterocycles. The number of hydrogen-bond acceptors (Lipinski definition) is 2. The molecule has 0 aromatic carbocycles. The zero-order valence-corrected chi connectivity index (χ0v) is 7.86. The van der Waals surface area contributed by atoms with Crippen molar-refractivity contribution in [3.05, 3.63) is 0 Å². The number of nitrogens with one attached hydrogen (secondary N) is 1. The van der Waals surface area contributed by atoms with Crippen LogP contribution in [0.15, 0.2) is 0 Å². The fourth-order valence-electron chi connectivity index (χ4n) is 0.0450. The zero-order valence-electron chi connectivity index (χ0n) is 4.84. The molecule has 0 saturated carbocycles. The summed E-state index contributed by atoms with van der Waals surface area (Å²) in [5.41, 5.74) is 4.45. The van der Waals surface area contributed by atoms with Crippen molar-refractivity contribution >= 4 is 14.6 Å². The summed E-state index contributed by atoms with van der Waals surface area (Å²) < 4.78 is 9.30. The summed E-state index contributed by atoms with van der Waals surface area (Å²) in [6.07, 6.45) is 0. The second kappa shape index (κ2) is 7.01. The first-order valence-corrected chi connectivity index (χ1v) is 1.96. The largest absolute Gasteiger partial charge is 1.00 e. The van der Waals surface area contributed by atoms with Gasteiger partial charge < -0.3 is 7.16 Å². The SMILES string of the molecule is NC(=O)NP=O.[H-].[K+]. The first kappa shape index (κ1) is 10.9. The number of hydrogen-bond donors (Lipinski definition) is 2. The van der Waals surface area contributed by atoms with Crippen molar-refractivity contribution in [3.8, 4) is 0 Å². The van der Waals surface area contributed by atoms with Gasteiger partial charge in [0.2, 0.25) is 0 Å². The Morgan fingerprint density at radius 1 is 1.86 bits per heavy atom. The van der Waals surface area contributed by atoms with E-state index in [-0.39, 0.29) is 52.8 Å². The maximum atomic E-state index is 9.50. The summed E-state index contributed by atoms with van der Waals surface area (Å²) >= 11 is 0. The summed E-state index contributed by atoms with van der Waals surface area (Å²) in [5.74, 6) is 0. The van der Waals surface area contributed by atoms with Crippen LogP contribution < -0.4 is 62.2 Å². The maximum absolute atomic E-state index is 9.50. The molecule has 7 heavy (non-hydrogen) atoms. The van der Waals surface area contributed by atoms with Crippen molar-refractivity contribution in [1.29, 1.82) is 0 Å². The van der Waals surface area contributed by atoms with E-state index in [1.165, 1.54) is 0 Å². The molecule has 0 saturated heterocycles. The van der Waals surface area contributed by atoms with Gasteiger partial charge in [-0.3, -0.25) is 5.09 Å². The fourth-order valence-corrected chi connectivity index (χ4v) is 0.135. The quantitative estimate of drug-likeness (QED) is 0.305. The van der Waals surface area contributed by atoms with Gasteiger partial charge in [0.15, 0.2) is 0 Å². The van der Waals surface area contributed by atoms with Crippen LogP contribution in [0.5, 0.6) is 0 Å². The van der Waals surface area contributed by atoms with E-state index in [2.05, 4.69) is 5.73 Å². The molecule has 6 heteroatoms. The molecule has 0 spiro atoms. The minimum Gasteiger partial charge on any atom is -1.00 e. The Bertz CT molecular complexity index is 80.4. The monoisotopic (exact) mass is 146 g/mol. The second-order valence-electron chi connectivity index (χ2n) is 0.567. The van der Waals surface area contributed by atoms with Gasteiger partial charge in [-0.2, -0.15) is 0 Å². The van der Waals surface area contributed by atoms with E-state index < -0.39 is 14.6 Å². The molecule has 2 amide bonds. The minimum atomic E-state index is -0.785. The number of rotatable bonds is 1. The molecule has 36 valence electrons. The van der Waals surface area contributed by atoms with Crippen LogP contribution in [-0.2, 0) is 4.57 Å². The molecule has 0 rings (SSSR count). The third-order valence-electron chi connectivity index (χ3n) is 0.156. The predicted octanol–water partition coefficient (Wildman–Crippen LogP) is -3.02. The van der Waals surface area contributed by atoms with Crippen LogP contribution in [0, 0.1) is 0 Å². The molecule has 0 aromatic rings. The zero-order chi connectivity index (χ0) is 4.99. The Morgan fingerprint density at radius 2 is 2.29 bits per heavy atom. The Morgan fingerprint density at radius 3 is 2.29 bits per heavy atom. The average molecular weight is 146 g/mol. The van der Waals surface area contributed by atoms with Crippen molar-refractivity contribution in [1.82, 2.24) is 5.09 Å². The first-order valence-electron chi connectivity index (χ1n) is 1.15. The van der Waals surface area contributed by atoms with Crippen LogP contribution in [0.4, 0.5) is 4.79 Å². The van der Waals surface area contributed by atoms with Crippen molar-refractivity contribution in [2.45, 2.75) is 0 Å². The van der Waals surface area contributed by atoms with Crippen molar-refractivity contribution in [3.63, 3.8) is 0 Å². The summed E-state index contributed by atoms with van der Waals surface area (Å²) in [6, 6.07) is -0.785. The van der Waals surface area contributed by atoms with Gasteiger partial charge in [-0.15, -0.1) is 0 Å². The second-order valence-corrected chi connectivity index (χ2v) is 0.974. The Labute approximate surface area is 86.4 Å². The van der Waals surface area contributed by atoms with Crippen molar-refractivity contribution in [2.24, 2.45) is 5.73 Å². The van der Waals surface area contributed by atoms with Gasteiger partial charge in [0.05, 0.1) is 0 Å². The van der Waals surface area contributed by atoms with Crippen LogP contribution in [0.3, 0.4) is 0 Å². The first-order chi connectivity index (χ1) is 2.77. The summed E-state index contributed by atoms with van der Waals surface area (Å²) in [4.78, 5) is 9.50. The predicted molar refractivity (Wildman–Crippen MR) is 21.4 cm³/mol. The molecule has 0 atom stereocenters. The van der Waals surface area contributed by atoms with E-state index in [1.807, 2.05) is 0 Å². The number of nitrogens with two attached hydrogens (primary N) is 1. The Kier molecular flexibility index (Phi) is 10.9. The Hall–Kier alpha value is 1.01. The number of primary amides is 1. The number of urea groups is 1. The van der Waals surface area contributed by atoms with Crippen LogP contribution in [0.25, 0.3) is 0 Å². The molecule has 4 nitrogen and oxygen atoms in total. The molecular weight excluding hydrogens is 142 g/mol. The van der Waals surface area contributed by atoms with E-state index in [0.29, 0.717) is 0 Å². The molecule has 0 aliphatic rings. The molecule has 0 bridgehead atoms. The van der Waals surface area contributed by atoms with Gasteiger partial charge >= 0.3 is 57.4 Å². The van der Waals surface area contributed by atoms with Gasteiger partial charge in [0.25, 0.3) is 8.61 Å². The van der Waals surface area contributed by atoms with Gasteiger partial charge in [0.1, 0.15) is 0 Å². The standard InChI is InChI=1S/CH3N2O2P.K.H/c2-1(4)3-6-5;;/h(H3,2,3,4,5);;/q;+1;-1. The van der Waals surface area contributed by atoms with E-state index in [4.69, 9.17) is 0 Å². The third kappa shape index (κ3) is 10.9. The van der Waals surface area contributed by atoms with Crippen LogP contribution in [0.2, 0.25) is 0 Å². The van der Waals surface area contributed by atoms with Gasteiger partial charge in [-0.25, -0.2) is 9.36 Å². The van der Waals surface area contributed by atoms with Crippen LogP contribution in [-0.4, -0.2) is 6.03 Å². The molecule has 0 heterocycles. The topological polar surface area (TPSA) is 72.2 Å². The summed E-state index contributed by atoms with van der Waals surface area (Å²) in [5, 5.41) is 1.76. The van der Waals surface area contributed by atoms with E-state index in [0.717, 1.165) is 0 Å². The number of carbonyl (C=O) groups excluding carboxylic acids is 1. The molecule has 3 N–H and O–H groups in total. The van der Waals surface area contributed by atoms with E-state index in [1.54, 1.807) is 5.09 Å². The van der Waals surface area contributed by atoms with E-state index in [9.17, 15) is 9.36 Å². The minimum absolute atomic E-state index is 0. The Balaban J connectivity index is -0.000000125. The average Bonchev–Trinajstić information content (AvgIpc) is 1.35. The van der Waals surface area contributed by atoms with Gasteiger partial charge in [-0.05, 0) is 0 Å². The molecule has 0 unspecified atom stereocenters. The fraction of sp³-hybridized carbons (Fsp3) is 0. The molecular formula is CH4KN2O2P. The van der Waals surface area contributed by atoms with Gasteiger partial charge in [-0.1, -0.05) is 0 Å². The molecule has 0 fully saturated rings. The van der Waals surface area contributed by atoms with Crippen molar-refractivity contribution in [2.75, 3.05) is 0 Å². The smallest absolute Gasteiger partial charge is 1.00 e. The van der Waals surface area contributed by atoms with Crippen molar-refractivity contribution < 1.29 is 62.2 Å². The number of carbonyl (C=O) groups is 1. The van der Waals surface area contributed by atoms with E-state index >= 15 is 0 Å². The third-order valence-corrected chi connectivity index (χ3v) is 0.468. The molecule has 0 aromatic heterocycles.